The third-order valence-corrected chi connectivity index (χ3v) is 4.82. The maximum atomic E-state index is 12.1. The first-order valence-corrected chi connectivity index (χ1v) is 9.82. The molecule has 0 aliphatic heterocycles. The number of para-hydroxylation sites is 2. The first-order valence-electron chi connectivity index (χ1n) is 9.82. The molecule has 31 heavy (non-hydrogen) atoms. The standard InChI is InChI=1S/C23H23N5O3/c1-30-12-13-31-22-5-3-2-4-21(22)28-16-18-6-7-19(14-20(18)26-28)27(23(24)29)15-17-8-10-25-11-9-17/h2-11,14,16H,12-13,15H2,1H3,(H2,24,29). The number of carbonyl (C=O) groups excluding carboxylic acids is 1. The van der Waals surface area contributed by atoms with E-state index in [9.17, 15) is 4.79 Å². The van der Waals surface area contributed by atoms with Gasteiger partial charge in [0.2, 0.25) is 0 Å². The van der Waals surface area contributed by atoms with Gasteiger partial charge in [0.15, 0.2) is 0 Å². The second-order valence-electron chi connectivity index (χ2n) is 6.91. The normalized spacial score (nSPS) is 10.9. The predicted molar refractivity (Wildman–Crippen MR) is 118 cm³/mol. The molecule has 0 bridgehead atoms. The van der Waals surface area contributed by atoms with Gasteiger partial charge in [-0.1, -0.05) is 12.1 Å². The molecule has 0 fully saturated rings. The molecule has 158 valence electrons. The largest absolute Gasteiger partial charge is 0.489 e. The average Bonchev–Trinajstić information content (AvgIpc) is 3.22. The lowest BCUT2D eigenvalue weighted by Gasteiger charge is -2.20. The molecule has 2 aromatic carbocycles. The molecule has 0 radical (unpaired) electrons. The summed E-state index contributed by atoms with van der Waals surface area (Å²) in [6.07, 6.45) is 5.30. The number of aromatic nitrogens is 3. The molecule has 0 aliphatic carbocycles. The van der Waals surface area contributed by atoms with E-state index in [1.807, 2.05) is 60.8 Å². The highest BCUT2D eigenvalue weighted by Crippen LogP contribution is 2.27. The Bertz CT molecular complexity index is 1180. The lowest BCUT2D eigenvalue weighted by molar-refractivity contribution is 0.146. The Balaban J connectivity index is 1.65. The zero-order chi connectivity index (χ0) is 21.6. The Morgan fingerprint density at radius 1 is 1.10 bits per heavy atom. The second kappa shape index (κ2) is 9.27. The van der Waals surface area contributed by atoms with Crippen LogP contribution in [0.4, 0.5) is 10.5 Å². The van der Waals surface area contributed by atoms with Gasteiger partial charge in [-0.3, -0.25) is 9.88 Å². The molecule has 0 spiro atoms. The number of benzene rings is 2. The fraction of sp³-hybridized carbons (Fsp3) is 0.174. The van der Waals surface area contributed by atoms with Gasteiger partial charge >= 0.3 is 6.03 Å². The summed E-state index contributed by atoms with van der Waals surface area (Å²) in [7, 11) is 1.64. The molecule has 2 amide bonds. The summed E-state index contributed by atoms with van der Waals surface area (Å²) in [5.41, 5.74) is 8.82. The van der Waals surface area contributed by atoms with Crippen LogP contribution in [-0.4, -0.2) is 41.1 Å². The molecule has 0 unspecified atom stereocenters. The third-order valence-electron chi connectivity index (χ3n) is 4.82. The van der Waals surface area contributed by atoms with Crippen molar-refractivity contribution in [2.24, 2.45) is 5.73 Å². The van der Waals surface area contributed by atoms with Gasteiger partial charge in [-0.25, -0.2) is 9.48 Å². The predicted octanol–water partition coefficient (Wildman–Crippen LogP) is 3.53. The summed E-state index contributed by atoms with van der Waals surface area (Å²) in [5, 5.41) is 5.63. The zero-order valence-corrected chi connectivity index (χ0v) is 17.1. The molecule has 0 atom stereocenters. The molecule has 0 aliphatic rings. The van der Waals surface area contributed by atoms with Gasteiger partial charge in [0.1, 0.15) is 18.0 Å². The lowest BCUT2D eigenvalue weighted by atomic mass is 10.2. The van der Waals surface area contributed by atoms with Crippen molar-refractivity contribution in [2.45, 2.75) is 6.54 Å². The van der Waals surface area contributed by atoms with Crippen molar-refractivity contribution >= 4 is 22.6 Å². The number of rotatable bonds is 8. The smallest absolute Gasteiger partial charge is 0.319 e. The lowest BCUT2D eigenvalue weighted by Crippen LogP contribution is -2.35. The van der Waals surface area contributed by atoms with Gasteiger partial charge in [0.05, 0.1) is 18.7 Å². The van der Waals surface area contributed by atoms with Crippen molar-refractivity contribution in [2.75, 3.05) is 25.2 Å². The van der Waals surface area contributed by atoms with Crippen LogP contribution in [0.25, 0.3) is 16.6 Å². The summed E-state index contributed by atoms with van der Waals surface area (Å²) < 4.78 is 12.7. The molecular weight excluding hydrogens is 394 g/mol. The van der Waals surface area contributed by atoms with E-state index in [4.69, 9.17) is 20.3 Å². The number of methoxy groups -OCH3 is 1. The number of anilines is 1. The number of nitrogens with two attached hydrogens (primary N) is 1. The number of hydrogen-bond acceptors (Lipinski definition) is 5. The molecule has 4 rings (SSSR count). The Hall–Kier alpha value is -3.91. The van der Waals surface area contributed by atoms with Crippen LogP contribution < -0.4 is 15.4 Å². The molecule has 8 nitrogen and oxygen atoms in total. The third kappa shape index (κ3) is 4.65. The van der Waals surface area contributed by atoms with Gasteiger partial charge in [0.25, 0.3) is 0 Å². The molecule has 0 saturated carbocycles. The number of ether oxygens (including phenoxy) is 2. The Morgan fingerprint density at radius 2 is 1.90 bits per heavy atom. The molecule has 8 heteroatoms. The van der Waals surface area contributed by atoms with Crippen molar-refractivity contribution in [3.05, 3.63) is 78.8 Å². The molecule has 0 saturated heterocycles. The maximum absolute atomic E-state index is 12.1. The van der Waals surface area contributed by atoms with Crippen LogP contribution in [0.3, 0.4) is 0 Å². The number of primary amides is 1. The highest BCUT2D eigenvalue weighted by atomic mass is 16.5. The monoisotopic (exact) mass is 417 g/mol. The summed E-state index contributed by atoms with van der Waals surface area (Å²) in [6, 6.07) is 16.5. The van der Waals surface area contributed by atoms with E-state index in [1.54, 1.807) is 24.2 Å². The number of amides is 2. The van der Waals surface area contributed by atoms with E-state index >= 15 is 0 Å². The fourth-order valence-electron chi connectivity index (χ4n) is 3.27. The highest BCUT2D eigenvalue weighted by molar-refractivity contribution is 5.93. The maximum Gasteiger partial charge on any atom is 0.319 e. The second-order valence-corrected chi connectivity index (χ2v) is 6.91. The minimum absolute atomic E-state index is 0.347. The van der Waals surface area contributed by atoms with Gasteiger partial charge in [-0.15, -0.1) is 0 Å². The fourth-order valence-corrected chi connectivity index (χ4v) is 3.27. The molecular formula is C23H23N5O3. The summed E-state index contributed by atoms with van der Waals surface area (Å²) >= 11 is 0. The number of fused-ring (bicyclic) bond motifs is 1. The summed E-state index contributed by atoms with van der Waals surface area (Å²) in [4.78, 5) is 17.6. The SMILES string of the molecule is COCCOc1ccccc1-n1cc2ccc(N(Cc3ccncc3)C(N)=O)cc2n1. The topological polar surface area (TPSA) is 95.5 Å². The van der Waals surface area contributed by atoms with Crippen molar-refractivity contribution in [1.82, 2.24) is 14.8 Å². The highest BCUT2D eigenvalue weighted by Gasteiger charge is 2.15. The van der Waals surface area contributed by atoms with E-state index < -0.39 is 6.03 Å². The van der Waals surface area contributed by atoms with Crippen molar-refractivity contribution in [3.63, 3.8) is 0 Å². The van der Waals surface area contributed by atoms with Crippen molar-refractivity contribution in [1.29, 1.82) is 0 Å². The van der Waals surface area contributed by atoms with E-state index in [0.29, 0.717) is 31.2 Å². The summed E-state index contributed by atoms with van der Waals surface area (Å²) in [6.45, 7) is 1.29. The van der Waals surface area contributed by atoms with E-state index in [2.05, 4.69) is 4.98 Å². The van der Waals surface area contributed by atoms with E-state index in [0.717, 1.165) is 22.2 Å². The van der Waals surface area contributed by atoms with E-state index in [1.165, 1.54) is 4.90 Å². The zero-order valence-electron chi connectivity index (χ0n) is 17.1. The van der Waals surface area contributed by atoms with Gasteiger partial charge < -0.3 is 15.2 Å². The number of carbonyl (C=O) groups is 1. The number of urea groups is 1. The Morgan fingerprint density at radius 3 is 2.68 bits per heavy atom. The molecule has 2 aromatic heterocycles. The quantitative estimate of drug-likeness (QED) is 0.443. The number of nitrogens with zero attached hydrogens (tertiary/aromatic N) is 4. The Labute approximate surface area is 179 Å². The van der Waals surface area contributed by atoms with Crippen LogP contribution >= 0.6 is 0 Å². The Kier molecular flexibility index (Phi) is 6.09. The van der Waals surface area contributed by atoms with Crippen molar-refractivity contribution in [3.8, 4) is 11.4 Å². The van der Waals surface area contributed by atoms with Crippen LogP contribution in [0.15, 0.2) is 73.2 Å². The number of pyridine rings is 1. The van der Waals surface area contributed by atoms with E-state index in [-0.39, 0.29) is 0 Å². The number of hydrogen-bond donors (Lipinski definition) is 1. The van der Waals surface area contributed by atoms with Crippen molar-refractivity contribution < 1.29 is 14.3 Å². The first-order chi connectivity index (χ1) is 15.2. The molecule has 2 heterocycles. The van der Waals surface area contributed by atoms with Crippen LogP contribution in [0.5, 0.6) is 5.75 Å². The van der Waals surface area contributed by atoms with Crippen LogP contribution in [0, 0.1) is 0 Å². The van der Waals surface area contributed by atoms with Crippen LogP contribution in [-0.2, 0) is 11.3 Å². The van der Waals surface area contributed by atoms with Crippen LogP contribution in [0.2, 0.25) is 0 Å². The average molecular weight is 417 g/mol. The molecule has 2 N–H and O–H groups in total. The minimum Gasteiger partial charge on any atom is -0.489 e. The van der Waals surface area contributed by atoms with Gasteiger partial charge in [0, 0.05) is 36.8 Å². The van der Waals surface area contributed by atoms with Crippen LogP contribution in [0.1, 0.15) is 5.56 Å². The first kappa shape index (κ1) is 20.4. The van der Waals surface area contributed by atoms with Gasteiger partial charge in [-0.2, -0.15) is 5.10 Å². The minimum atomic E-state index is -0.535. The van der Waals surface area contributed by atoms with Gasteiger partial charge in [-0.05, 0) is 48.0 Å². The molecule has 4 aromatic rings. The summed E-state index contributed by atoms with van der Waals surface area (Å²) in [5.74, 6) is 0.712.